The van der Waals surface area contributed by atoms with Gasteiger partial charge in [-0.2, -0.15) is 11.8 Å². The minimum absolute atomic E-state index is 0.0725. The fourth-order valence-corrected chi connectivity index (χ4v) is 1.24. The molecule has 1 amide bonds. The van der Waals surface area contributed by atoms with Crippen LogP contribution >= 0.6 is 11.8 Å². The molecule has 4 nitrogen and oxygen atoms in total. The average Bonchev–Trinajstić information content (AvgIpc) is 2.21. The molecule has 5 heteroatoms. The van der Waals surface area contributed by atoms with Crippen molar-refractivity contribution >= 4 is 23.6 Å². The van der Waals surface area contributed by atoms with E-state index < -0.39 is 0 Å². The lowest BCUT2D eigenvalue weighted by Crippen LogP contribution is -2.29. The Morgan fingerprint density at radius 1 is 1.36 bits per heavy atom. The van der Waals surface area contributed by atoms with Crippen LogP contribution in [-0.4, -0.2) is 49.5 Å². The van der Waals surface area contributed by atoms with E-state index in [1.807, 2.05) is 6.26 Å². The van der Waals surface area contributed by atoms with Crippen LogP contribution in [0.3, 0.4) is 0 Å². The van der Waals surface area contributed by atoms with Crippen LogP contribution in [0.1, 0.15) is 12.8 Å². The van der Waals surface area contributed by atoms with Gasteiger partial charge < -0.3 is 9.64 Å². The average molecular weight is 219 g/mol. The van der Waals surface area contributed by atoms with Gasteiger partial charge in [0, 0.05) is 25.8 Å². The number of carbonyl (C=O) groups is 2. The van der Waals surface area contributed by atoms with Crippen molar-refractivity contribution in [2.45, 2.75) is 12.8 Å². The lowest BCUT2D eigenvalue weighted by atomic mass is 10.3. The summed E-state index contributed by atoms with van der Waals surface area (Å²) in [5, 5.41) is 0. The summed E-state index contributed by atoms with van der Waals surface area (Å²) in [6, 6.07) is 0. The van der Waals surface area contributed by atoms with Gasteiger partial charge >= 0.3 is 5.97 Å². The highest BCUT2D eigenvalue weighted by Crippen LogP contribution is 2.00. The third kappa shape index (κ3) is 5.85. The number of thioether (sulfide) groups is 1. The monoisotopic (exact) mass is 219 g/mol. The Kier molecular flexibility index (Phi) is 7.28. The number of ether oxygens (including phenoxy) is 1. The maximum atomic E-state index is 11.4. The SMILES string of the molecule is COC(=O)CCN(C)C(=O)CCSC. The van der Waals surface area contributed by atoms with Crippen LogP contribution in [0.15, 0.2) is 0 Å². The van der Waals surface area contributed by atoms with E-state index in [0.29, 0.717) is 13.0 Å². The van der Waals surface area contributed by atoms with Crippen LogP contribution in [0.2, 0.25) is 0 Å². The molecular weight excluding hydrogens is 202 g/mol. The van der Waals surface area contributed by atoms with Gasteiger partial charge in [-0.1, -0.05) is 0 Å². The predicted molar refractivity (Wildman–Crippen MR) is 57.3 cm³/mol. The van der Waals surface area contributed by atoms with E-state index in [9.17, 15) is 9.59 Å². The van der Waals surface area contributed by atoms with Gasteiger partial charge in [-0.15, -0.1) is 0 Å². The second kappa shape index (κ2) is 7.67. The first-order valence-electron chi connectivity index (χ1n) is 4.41. The van der Waals surface area contributed by atoms with Crippen molar-refractivity contribution in [3.63, 3.8) is 0 Å². The molecule has 0 rings (SSSR count). The Morgan fingerprint density at radius 2 is 2.00 bits per heavy atom. The first kappa shape index (κ1) is 13.3. The molecule has 0 unspecified atom stereocenters. The van der Waals surface area contributed by atoms with Gasteiger partial charge in [0.25, 0.3) is 0 Å². The zero-order chi connectivity index (χ0) is 11.0. The minimum Gasteiger partial charge on any atom is -0.469 e. The molecule has 0 spiro atoms. The molecule has 0 aliphatic heterocycles. The van der Waals surface area contributed by atoms with Crippen molar-refractivity contribution in [3.8, 4) is 0 Å². The van der Waals surface area contributed by atoms with Crippen LogP contribution < -0.4 is 0 Å². The third-order valence-electron chi connectivity index (χ3n) is 1.82. The molecule has 0 atom stereocenters. The number of carbonyl (C=O) groups excluding carboxylic acids is 2. The maximum Gasteiger partial charge on any atom is 0.307 e. The van der Waals surface area contributed by atoms with Crippen LogP contribution in [0.25, 0.3) is 0 Å². The number of hydrogen-bond donors (Lipinski definition) is 0. The van der Waals surface area contributed by atoms with Crippen LogP contribution in [0.5, 0.6) is 0 Å². The van der Waals surface area contributed by atoms with E-state index in [1.165, 1.54) is 7.11 Å². The Bertz CT molecular complexity index is 196. The lowest BCUT2D eigenvalue weighted by Gasteiger charge is -2.15. The van der Waals surface area contributed by atoms with Gasteiger partial charge in [-0.3, -0.25) is 9.59 Å². The number of methoxy groups -OCH3 is 1. The minimum atomic E-state index is -0.283. The molecule has 0 saturated carbocycles. The molecule has 0 bridgehead atoms. The fourth-order valence-electron chi connectivity index (χ4n) is 0.866. The number of hydrogen-bond acceptors (Lipinski definition) is 4. The van der Waals surface area contributed by atoms with E-state index >= 15 is 0 Å². The van der Waals surface area contributed by atoms with Crippen molar-refractivity contribution in [3.05, 3.63) is 0 Å². The number of esters is 1. The summed E-state index contributed by atoms with van der Waals surface area (Å²) in [7, 11) is 3.05. The largest absolute Gasteiger partial charge is 0.469 e. The number of amides is 1. The molecule has 0 aromatic carbocycles. The molecular formula is C9H17NO3S. The molecule has 0 heterocycles. The molecule has 0 aromatic rings. The summed E-state index contributed by atoms with van der Waals surface area (Å²) in [4.78, 5) is 23.7. The number of rotatable bonds is 6. The summed E-state index contributed by atoms with van der Waals surface area (Å²) in [6.45, 7) is 0.430. The van der Waals surface area contributed by atoms with Gasteiger partial charge in [0.05, 0.1) is 13.5 Å². The molecule has 0 aliphatic rings. The summed E-state index contributed by atoms with van der Waals surface area (Å²) in [5.41, 5.74) is 0. The van der Waals surface area contributed by atoms with E-state index in [2.05, 4.69) is 4.74 Å². The van der Waals surface area contributed by atoms with Crippen LogP contribution in [-0.2, 0) is 14.3 Å². The molecule has 0 fully saturated rings. The Balaban J connectivity index is 3.66. The van der Waals surface area contributed by atoms with E-state index in [1.54, 1.807) is 23.7 Å². The highest BCUT2D eigenvalue weighted by molar-refractivity contribution is 7.98. The Hall–Kier alpha value is -0.710. The van der Waals surface area contributed by atoms with Crippen molar-refractivity contribution in [1.29, 1.82) is 0 Å². The topological polar surface area (TPSA) is 46.6 Å². The molecule has 0 N–H and O–H groups in total. The van der Waals surface area contributed by atoms with Gasteiger partial charge in [0.2, 0.25) is 5.91 Å². The van der Waals surface area contributed by atoms with Crippen molar-refractivity contribution in [2.24, 2.45) is 0 Å². The van der Waals surface area contributed by atoms with Gasteiger partial charge in [0.1, 0.15) is 0 Å². The summed E-state index contributed by atoms with van der Waals surface area (Å²) in [5.74, 6) is 0.610. The Labute approximate surface area is 89.0 Å². The molecule has 0 saturated heterocycles. The van der Waals surface area contributed by atoms with Gasteiger partial charge in [-0.25, -0.2) is 0 Å². The molecule has 0 aromatic heterocycles. The summed E-state index contributed by atoms with van der Waals surface area (Å²) < 4.78 is 4.48. The van der Waals surface area contributed by atoms with E-state index in [0.717, 1.165) is 5.75 Å². The molecule has 0 aliphatic carbocycles. The second-order valence-electron chi connectivity index (χ2n) is 2.88. The zero-order valence-electron chi connectivity index (χ0n) is 8.91. The van der Waals surface area contributed by atoms with Crippen molar-refractivity contribution < 1.29 is 14.3 Å². The zero-order valence-corrected chi connectivity index (χ0v) is 9.73. The Morgan fingerprint density at radius 3 is 2.50 bits per heavy atom. The standard InChI is InChI=1S/C9H17NO3S/c1-10(6-4-9(12)13-2)8(11)5-7-14-3/h4-7H2,1-3H3. The maximum absolute atomic E-state index is 11.4. The van der Waals surface area contributed by atoms with E-state index in [-0.39, 0.29) is 18.3 Å². The summed E-state index contributed by atoms with van der Waals surface area (Å²) in [6.07, 6.45) is 2.75. The highest BCUT2D eigenvalue weighted by Gasteiger charge is 2.09. The first-order chi connectivity index (χ1) is 6.61. The van der Waals surface area contributed by atoms with E-state index in [4.69, 9.17) is 0 Å². The molecule has 82 valence electrons. The lowest BCUT2D eigenvalue weighted by molar-refractivity contribution is -0.141. The van der Waals surface area contributed by atoms with Gasteiger partial charge in [0.15, 0.2) is 0 Å². The quantitative estimate of drug-likeness (QED) is 0.619. The van der Waals surface area contributed by atoms with Gasteiger partial charge in [-0.05, 0) is 6.26 Å². The predicted octanol–water partition coefficient (Wildman–Crippen LogP) is 0.761. The third-order valence-corrected chi connectivity index (χ3v) is 2.44. The highest BCUT2D eigenvalue weighted by atomic mass is 32.2. The van der Waals surface area contributed by atoms with Crippen LogP contribution in [0, 0.1) is 0 Å². The van der Waals surface area contributed by atoms with Crippen molar-refractivity contribution in [1.82, 2.24) is 4.90 Å². The number of nitrogens with zero attached hydrogens (tertiary/aromatic N) is 1. The summed E-state index contributed by atoms with van der Waals surface area (Å²) >= 11 is 1.64. The fraction of sp³-hybridized carbons (Fsp3) is 0.778. The molecule has 0 radical (unpaired) electrons. The van der Waals surface area contributed by atoms with Crippen molar-refractivity contribution in [2.75, 3.05) is 32.7 Å². The molecule has 14 heavy (non-hydrogen) atoms. The first-order valence-corrected chi connectivity index (χ1v) is 5.81. The normalized spacial score (nSPS) is 9.64. The second-order valence-corrected chi connectivity index (χ2v) is 3.87. The van der Waals surface area contributed by atoms with Crippen LogP contribution in [0.4, 0.5) is 0 Å². The smallest absolute Gasteiger partial charge is 0.307 e.